The van der Waals surface area contributed by atoms with E-state index in [2.05, 4.69) is 41.1 Å². The van der Waals surface area contributed by atoms with Crippen molar-refractivity contribution in [2.75, 3.05) is 19.6 Å². The third-order valence-electron chi connectivity index (χ3n) is 6.08. The number of rotatable bonds is 4. The van der Waals surface area contributed by atoms with Crippen LogP contribution >= 0.6 is 0 Å². The lowest BCUT2D eigenvalue weighted by Crippen LogP contribution is -2.42. The molecule has 0 saturated carbocycles. The molecule has 0 spiro atoms. The molecule has 1 atom stereocenters. The van der Waals surface area contributed by atoms with Crippen LogP contribution in [-0.2, 0) is 6.42 Å². The Bertz CT molecular complexity index is 917. The maximum atomic E-state index is 12.7. The van der Waals surface area contributed by atoms with E-state index >= 15 is 0 Å². The number of Topliss-reactive ketones (excluding diaryl/α,β-unsaturated/α-hetero) is 1. The summed E-state index contributed by atoms with van der Waals surface area (Å²) in [5.41, 5.74) is 2.35. The van der Waals surface area contributed by atoms with Gasteiger partial charge in [-0.05, 0) is 38.1 Å². The van der Waals surface area contributed by atoms with E-state index < -0.39 is 0 Å². The number of hydrogen-bond donors (Lipinski definition) is 1. The average molecular weight is 383 g/mol. The van der Waals surface area contributed by atoms with Crippen LogP contribution in [-0.4, -0.2) is 56.9 Å². The molecule has 1 aliphatic carbocycles. The fourth-order valence-corrected chi connectivity index (χ4v) is 4.48. The Morgan fingerprint density at radius 3 is 2.89 bits per heavy atom. The van der Waals surface area contributed by atoms with Gasteiger partial charge in [0, 0.05) is 31.7 Å². The zero-order valence-corrected chi connectivity index (χ0v) is 17.0. The topological polar surface area (TPSA) is 79.6 Å². The van der Waals surface area contributed by atoms with Gasteiger partial charge in [0.2, 0.25) is 0 Å². The number of aromatic nitrogens is 3. The number of amides is 1. The van der Waals surface area contributed by atoms with E-state index in [-0.39, 0.29) is 17.1 Å². The molecule has 0 unspecified atom stereocenters. The van der Waals surface area contributed by atoms with Gasteiger partial charge >= 0.3 is 0 Å². The molecule has 150 valence electrons. The molecule has 0 radical (unpaired) electrons. The van der Waals surface area contributed by atoms with Gasteiger partial charge in [-0.3, -0.25) is 14.5 Å². The minimum absolute atomic E-state index is 0.0952. The number of hydrogen-bond acceptors (Lipinski definition) is 5. The van der Waals surface area contributed by atoms with Crippen LogP contribution in [0.4, 0.5) is 0 Å². The van der Waals surface area contributed by atoms with Gasteiger partial charge in [0.05, 0.1) is 17.5 Å². The summed E-state index contributed by atoms with van der Waals surface area (Å²) in [5.74, 6) is -0.0636. The van der Waals surface area contributed by atoms with Gasteiger partial charge in [-0.2, -0.15) is 5.10 Å². The zero-order valence-electron chi connectivity index (χ0n) is 17.0. The fourth-order valence-electron chi connectivity index (χ4n) is 4.48. The molecule has 7 heteroatoms. The van der Waals surface area contributed by atoms with Crippen molar-refractivity contribution in [2.45, 2.75) is 58.9 Å². The Labute approximate surface area is 165 Å². The summed E-state index contributed by atoms with van der Waals surface area (Å²) in [6.07, 6.45) is 8.17. The van der Waals surface area contributed by atoms with Crippen LogP contribution in [0.1, 0.15) is 72.9 Å². The number of piperidine rings is 1. The number of nitrogens with one attached hydrogen (secondary N) is 1. The number of ketones is 1. The summed E-state index contributed by atoms with van der Waals surface area (Å²) in [6.45, 7) is 8.99. The van der Waals surface area contributed by atoms with E-state index in [1.165, 1.54) is 19.3 Å². The molecule has 2 aliphatic rings. The second-order valence-electron chi connectivity index (χ2n) is 8.99. The number of carbonyl (C=O) groups excluding carboxylic acids is 2. The van der Waals surface area contributed by atoms with Gasteiger partial charge < -0.3 is 5.32 Å². The molecule has 0 aromatic carbocycles. The lowest BCUT2D eigenvalue weighted by molar-refractivity contribution is 0.0907. The lowest BCUT2D eigenvalue weighted by Gasteiger charge is -2.33. The Morgan fingerprint density at radius 1 is 1.29 bits per heavy atom. The van der Waals surface area contributed by atoms with Gasteiger partial charge in [-0.1, -0.05) is 20.3 Å². The van der Waals surface area contributed by atoms with Crippen LogP contribution in [0.3, 0.4) is 0 Å². The monoisotopic (exact) mass is 383 g/mol. The first-order chi connectivity index (χ1) is 13.4. The summed E-state index contributed by atoms with van der Waals surface area (Å²) in [7, 11) is 0. The first-order valence-corrected chi connectivity index (χ1v) is 10.3. The molecule has 1 N–H and O–H groups in total. The highest BCUT2D eigenvalue weighted by Gasteiger charge is 2.33. The molecule has 2 aromatic heterocycles. The predicted octanol–water partition coefficient (Wildman–Crippen LogP) is 2.49. The summed E-state index contributed by atoms with van der Waals surface area (Å²) in [4.78, 5) is 32.0. The third kappa shape index (κ3) is 3.55. The zero-order chi connectivity index (χ0) is 19.9. The Kier molecular flexibility index (Phi) is 4.95. The van der Waals surface area contributed by atoms with E-state index in [0.717, 1.165) is 25.2 Å². The first kappa shape index (κ1) is 19.1. The molecule has 4 rings (SSSR count). The normalized spacial score (nSPS) is 22.2. The Balaban J connectivity index is 1.50. The minimum atomic E-state index is -0.159. The van der Waals surface area contributed by atoms with Crippen LogP contribution in [0.25, 0.3) is 5.65 Å². The highest BCUT2D eigenvalue weighted by Crippen LogP contribution is 2.34. The number of carbonyl (C=O) groups is 2. The largest absolute Gasteiger partial charge is 0.351 e. The minimum Gasteiger partial charge on any atom is -0.351 e. The van der Waals surface area contributed by atoms with E-state index in [0.29, 0.717) is 35.8 Å². The summed E-state index contributed by atoms with van der Waals surface area (Å²) < 4.78 is 1.68. The van der Waals surface area contributed by atoms with Crippen molar-refractivity contribution in [2.24, 2.45) is 5.41 Å². The van der Waals surface area contributed by atoms with Crippen molar-refractivity contribution >= 4 is 17.3 Å². The van der Waals surface area contributed by atoms with Crippen LogP contribution in [0.15, 0.2) is 12.4 Å². The lowest BCUT2D eigenvalue weighted by atomic mass is 9.76. The van der Waals surface area contributed by atoms with Crippen molar-refractivity contribution in [3.63, 3.8) is 0 Å². The summed E-state index contributed by atoms with van der Waals surface area (Å²) in [6, 6.07) is 0.580. The molecular formula is C21H29N5O2. The molecule has 28 heavy (non-hydrogen) atoms. The van der Waals surface area contributed by atoms with Crippen molar-refractivity contribution in [1.82, 2.24) is 24.8 Å². The second-order valence-corrected chi connectivity index (χ2v) is 8.99. The highest BCUT2D eigenvalue weighted by atomic mass is 16.1. The van der Waals surface area contributed by atoms with E-state index in [1.54, 1.807) is 16.9 Å². The van der Waals surface area contributed by atoms with Gasteiger partial charge in [-0.25, -0.2) is 9.50 Å². The highest BCUT2D eigenvalue weighted by molar-refractivity contribution is 6.01. The molecule has 1 saturated heterocycles. The molecule has 1 amide bonds. The van der Waals surface area contributed by atoms with Crippen molar-refractivity contribution < 1.29 is 9.59 Å². The smallest absolute Gasteiger partial charge is 0.256 e. The second kappa shape index (κ2) is 7.28. The maximum absolute atomic E-state index is 12.7. The average Bonchev–Trinajstić information content (AvgIpc) is 3.07. The molecule has 2 aromatic rings. The maximum Gasteiger partial charge on any atom is 0.256 e. The van der Waals surface area contributed by atoms with Crippen LogP contribution in [0.2, 0.25) is 0 Å². The van der Waals surface area contributed by atoms with Crippen LogP contribution in [0, 0.1) is 5.41 Å². The third-order valence-corrected chi connectivity index (χ3v) is 6.08. The van der Waals surface area contributed by atoms with E-state index in [4.69, 9.17) is 0 Å². The van der Waals surface area contributed by atoms with Crippen molar-refractivity contribution in [3.05, 3.63) is 29.2 Å². The van der Waals surface area contributed by atoms with Crippen molar-refractivity contribution in [1.29, 1.82) is 0 Å². The predicted molar refractivity (Wildman–Crippen MR) is 107 cm³/mol. The summed E-state index contributed by atoms with van der Waals surface area (Å²) in [5, 5.41) is 7.40. The molecular weight excluding hydrogens is 354 g/mol. The van der Waals surface area contributed by atoms with Crippen molar-refractivity contribution in [3.8, 4) is 0 Å². The molecule has 1 aliphatic heterocycles. The molecule has 0 bridgehead atoms. The van der Waals surface area contributed by atoms with Gasteiger partial charge in [0.25, 0.3) is 5.91 Å². The molecule has 7 nitrogen and oxygen atoms in total. The SMILES string of the molecule is C[C@@H]1CCCCN1CCNC(=O)c1cnn2c3c(cnc12)C(=O)CC(C)(C)C3. The van der Waals surface area contributed by atoms with E-state index in [1.807, 2.05) is 0 Å². The molecule has 1 fully saturated rings. The van der Waals surface area contributed by atoms with Gasteiger partial charge in [0.15, 0.2) is 11.4 Å². The fraction of sp³-hybridized carbons (Fsp3) is 0.619. The number of nitrogens with zero attached hydrogens (tertiary/aromatic N) is 4. The standard InChI is InChI=1S/C21H29N5O2/c1-14-6-4-5-8-25(14)9-7-22-20(28)16-13-24-26-17-10-21(2,3)11-18(27)15(17)12-23-19(16)26/h12-14H,4-11H2,1-3H3,(H,22,28)/t14-/m1/s1. The first-order valence-electron chi connectivity index (χ1n) is 10.3. The number of fused-ring (bicyclic) bond motifs is 3. The Morgan fingerprint density at radius 2 is 2.11 bits per heavy atom. The van der Waals surface area contributed by atoms with Gasteiger partial charge in [-0.15, -0.1) is 0 Å². The van der Waals surface area contributed by atoms with Crippen LogP contribution in [0.5, 0.6) is 0 Å². The molecule has 3 heterocycles. The summed E-state index contributed by atoms with van der Waals surface area (Å²) >= 11 is 0. The van der Waals surface area contributed by atoms with Crippen LogP contribution < -0.4 is 5.32 Å². The Hall–Kier alpha value is -2.28. The van der Waals surface area contributed by atoms with E-state index in [9.17, 15) is 9.59 Å². The number of likely N-dealkylation sites (tertiary alicyclic amines) is 1. The van der Waals surface area contributed by atoms with Gasteiger partial charge in [0.1, 0.15) is 5.56 Å². The quantitative estimate of drug-likeness (QED) is 0.877.